The van der Waals surface area contributed by atoms with Crippen LogP contribution in [0.25, 0.3) is 0 Å². The molecule has 0 amide bonds. The van der Waals surface area contributed by atoms with Crippen LogP contribution in [0.5, 0.6) is 0 Å². The Morgan fingerprint density at radius 3 is 1.24 bits per heavy atom. The standard InChI is InChI=1S/2C6H11NS3.Zn/c2*1-6(2)7(5(8)9)3-4-10-6;/h2*3-4H2,1-2H3,(H,8,9);/q;;+2/p-2. The fraction of sp³-hybridized carbons (Fsp3) is 0.833. The molecule has 0 radical (unpaired) electrons. The Labute approximate surface area is 171 Å². The summed E-state index contributed by atoms with van der Waals surface area (Å²) < 4.78 is 1.21. The molecular weight excluding hydrogens is 430 g/mol. The van der Waals surface area contributed by atoms with Gasteiger partial charge in [-0.1, -0.05) is 8.64 Å². The molecule has 0 atom stereocenters. The number of thioether (sulfide) groups is 2. The molecule has 0 aromatic heterocycles. The third-order valence-electron chi connectivity index (χ3n) is 3.28. The summed E-state index contributed by atoms with van der Waals surface area (Å²) in [6.45, 7) is 10.7. The van der Waals surface area contributed by atoms with E-state index in [9.17, 15) is 0 Å². The molecule has 2 fully saturated rings. The SMILES string of the molecule is CC1(C)SCCN1C(=S)[S-].CC1(C)SCCN1C(=S)[S-].[Zn+2]. The number of nitrogens with zero attached hydrogens (tertiary/aromatic N) is 2. The molecule has 116 valence electrons. The third-order valence-corrected chi connectivity index (χ3v) is 6.79. The van der Waals surface area contributed by atoms with E-state index in [2.05, 4.69) is 37.5 Å². The molecule has 9 heteroatoms. The Kier molecular flexibility index (Phi) is 9.81. The Morgan fingerprint density at radius 2 is 1.14 bits per heavy atom. The van der Waals surface area contributed by atoms with Crippen molar-refractivity contribution in [2.75, 3.05) is 24.6 Å². The second kappa shape index (κ2) is 9.14. The molecule has 2 saturated heterocycles. The number of rotatable bonds is 0. The maximum atomic E-state index is 4.93. The summed E-state index contributed by atoms with van der Waals surface area (Å²) in [6, 6.07) is 0. The molecule has 0 aromatic rings. The van der Waals surface area contributed by atoms with Crippen LogP contribution in [0.1, 0.15) is 27.7 Å². The Hall–Kier alpha value is 1.54. The van der Waals surface area contributed by atoms with E-state index in [4.69, 9.17) is 49.7 Å². The predicted octanol–water partition coefficient (Wildman–Crippen LogP) is 3.20. The van der Waals surface area contributed by atoms with E-state index in [0.717, 1.165) is 24.6 Å². The molecule has 2 aliphatic heterocycles. The summed E-state index contributed by atoms with van der Waals surface area (Å²) in [6.07, 6.45) is 0. The van der Waals surface area contributed by atoms with Gasteiger partial charge in [-0.05, 0) is 27.7 Å². The van der Waals surface area contributed by atoms with Crippen molar-refractivity contribution in [3.63, 3.8) is 0 Å². The van der Waals surface area contributed by atoms with Gasteiger partial charge in [0.25, 0.3) is 0 Å². The zero-order valence-electron chi connectivity index (χ0n) is 12.9. The van der Waals surface area contributed by atoms with Crippen LogP contribution in [0, 0.1) is 0 Å². The summed E-state index contributed by atoms with van der Waals surface area (Å²) in [5.74, 6) is 2.29. The first-order chi connectivity index (χ1) is 9.08. The Balaban J connectivity index is 0.000000364. The first kappa shape index (κ1) is 22.5. The van der Waals surface area contributed by atoms with E-state index in [1.807, 2.05) is 23.5 Å². The van der Waals surface area contributed by atoms with E-state index in [1.54, 1.807) is 0 Å². The van der Waals surface area contributed by atoms with Crippen molar-refractivity contribution < 1.29 is 19.5 Å². The van der Waals surface area contributed by atoms with Crippen molar-refractivity contribution in [2.45, 2.75) is 37.4 Å². The summed E-state index contributed by atoms with van der Waals surface area (Å²) in [5.41, 5.74) is 0. The van der Waals surface area contributed by atoms with Gasteiger partial charge in [0.05, 0.1) is 9.74 Å². The molecule has 0 N–H and O–H groups in total. The maximum Gasteiger partial charge on any atom is 2.00 e. The largest absolute Gasteiger partial charge is 2.00 e. The van der Waals surface area contributed by atoms with Crippen LogP contribution in [-0.2, 0) is 44.7 Å². The second-order valence-corrected chi connectivity index (χ2v) is 10.9. The van der Waals surface area contributed by atoms with Crippen LogP contribution < -0.4 is 0 Å². The molecule has 2 nitrogen and oxygen atoms in total. The minimum Gasteiger partial charge on any atom is -0.411 e. The molecule has 2 heterocycles. The first-order valence-electron chi connectivity index (χ1n) is 6.33. The monoisotopic (exact) mass is 448 g/mol. The number of hydrogen-bond acceptors (Lipinski definition) is 6. The third kappa shape index (κ3) is 6.51. The molecule has 0 unspecified atom stereocenters. The molecule has 2 rings (SSSR count). The van der Waals surface area contributed by atoms with Crippen LogP contribution >= 0.6 is 48.0 Å². The van der Waals surface area contributed by atoms with Crippen molar-refractivity contribution >= 4 is 81.9 Å². The van der Waals surface area contributed by atoms with Crippen LogP contribution in [0.15, 0.2) is 0 Å². The molecule has 0 aliphatic carbocycles. The normalized spacial score (nSPS) is 22.1. The zero-order valence-corrected chi connectivity index (χ0v) is 20.7. The summed E-state index contributed by atoms with van der Waals surface area (Å²) in [7, 11) is 0. The quantitative estimate of drug-likeness (QED) is 0.312. The van der Waals surface area contributed by atoms with E-state index in [0.29, 0.717) is 8.64 Å². The van der Waals surface area contributed by atoms with Gasteiger partial charge >= 0.3 is 19.5 Å². The topological polar surface area (TPSA) is 6.48 Å². The van der Waals surface area contributed by atoms with E-state index in [-0.39, 0.29) is 29.2 Å². The van der Waals surface area contributed by atoms with E-state index < -0.39 is 0 Å². The average Bonchev–Trinajstić information content (AvgIpc) is 2.80. The summed E-state index contributed by atoms with van der Waals surface area (Å²) in [5, 5.41) is 0. The van der Waals surface area contributed by atoms with Crippen LogP contribution in [-0.4, -0.2) is 52.8 Å². The van der Waals surface area contributed by atoms with Gasteiger partial charge in [-0.2, -0.15) is 0 Å². The minimum absolute atomic E-state index is 0. The summed E-state index contributed by atoms with van der Waals surface area (Å²) in [4.78, 5) is 4.47. The predicted molar refractivity (Wildman–Crippen MR) is 106 cm³/mol. The molecule has 21 heavy (non-hydrogen) atoms. The molecule has 0 spiro atoms. The van der Waals surface area contributed by atoms with Crippen molar-refractivity contribution in [3.05, 3.63) is 0 Å². The van der Waals surface area contributed by atoms with Gasteiger partial charge in [0, 0.05) is 24.6 Å². The van der Waals surface area contributed by atoms with Crippen LogP contribution in [0.4, 0.5) is 0 Å². The first-order valence-corrected chi connectivity index (χ1v) is 9.93. The van der Waals surface area contributed by atoms with Crippen molar-refractivity contribution in [1.29, 1.82) is 0 Å². The molecule has 0 aromatic carbocycles. The minimum atomic E-state index is 0. The van der Waals surface area contributed by atoms with E-state index >= 15 is 0 Å². The molecule has 0 saturated carbocycles. The fourth-order valence-electron chi connectivity index (χ4n) is 2.09. The van der Waals surface area contributed by atoms with E-state index in [1.165, 1.54) is 0 Å². The van der Waals surface area contributed by atoms with Gasteiger partial charge in [0.15, 0.2) is 0 Å². The zero-order chi connectivity index (χ0) is 15.6. The second-order valence-electron chi connectivity index (χ2n) is 5.43. The van der Waals surface area contributed by atoms with Crippen molar-refractivity contribution in [1.82, 2.24) is 9.80 Å². The Bertz CT molecular complexity index is 352. The fourth-order valence-corrected chi connectivity index (χ4v) is 5.82. The average molecular weight is 450 g/mol. The van der Waals surface area contributed by atoms with Crippen molar-refractivity contribution in [3.8, 4) is 0 Å². The van der Waals surface area contributed by atoms with Crippen LogP contribution in [0.3, 0.4) is 0 Å². The Morgan fingerprint density at radius 1 is 0.857 bits per heavy atom. The van der Waals surface area contributed by atoms with Gasteiger partial charge in [-0.25, -0.2) is 0 Å². The van der Waals surface area contributed by atoms with Crippen molar-refractivity contribution in [2.24, 2.45) is 0 Å². The van der Waals surface area contributed by atoms with Gasteiger partial charge in [-0.15, -0.1) is 23.5 Å². The smallest absolute Gasteiger partial charge is 0.411 e. The van der Waals surface area contributed by atoms with Crippen LogP contribution in [0.2, 0.25) is 0 Å². The molecular formula is C12H20N2S6Zn. The summed E-state index contributed by atoms with van der Waals surface area (Å²) >= 11 is 23.5. The van der Waals surface area contributed by atoms with Gasteiger partial charge in [-0.3, -0.25) is 0 Å². The molecule has 0 bridgehead atoms. The number of hydrogen-bond donors (Lipinski definition) is 0. The maximum absolute atomic E-state index is 4.93. The van der Waals surface area contributed by atoms with Gasteiger partial charge < -0.3 is 59.5 Å². The number of thiocarbonyl (C=S) groups is 2. The molecule has 2 aliphatic rings. The van der Waals surface area contributed by atoms with Gasteiger partial charge in [0.1, 0.15) is 0 Å². The van der Waals surface area contributed by atoms with Gasteiger partial charge in [0.2, 0.25) is 0 Å².